The fourth-order valence-corrected chi connectivity index (χ4v) is 3.04. The average molecular weight is 288 g/mol. The Labute approximate surface area is 124 Å². The number of hydrogen-bond acceptors (Lipinski definition) is 2. The van der Waals surface area contributed by atoms with Crippen LogP contribution in [0.4, 0.5) is 0 Å². The number of nitrogens with two attached hydrogens (primary N) is 1. The van der Waals surface area contributed by atoms with Gasteiger partial charge in [0.2, 0.25) is 0 Å². The zero-order valence-corrected chi connectivity index (χ0v) is 12.4. The second-order valence-electron chi connectivity index (χ2n) is 5.42. The van der Waals surface area contributed by atoms with Gasteiger partial charge in [0.25, 0.3) is 0 Å². The summed E-state index contributed by atoms with van der Waals surface area (Å²) in [7, 11) is 0. The Bertz CT molecular complexity index is 614. The van der Waals surface area contributed by atoms with E-state index in [-0.39, 0.29) is 0 Å². The van der Waals surface area contributed by atoms with Crippen molar-refractivity contribution in [3.63, 3.8) is 0 Å². The number of thiocarbonyl (C=S) groups is 1. The van der Waals surface area contributed by atoms with Gasteiger partial charge < -0.3 is 15.0 Å². The minimum Gasteiger partial charge on any atom is -0.389 e. The van der Waals surface area contributed by atoms with E-state index in [9.17, 15) is 0 Å². The van der Waals surface area contributed by atoms with E-state index in [1.807, 2.05) is 6.07 Å². The number of fused-ring (bicyclic) bond motifs is 1. The van der Waals surface area contributed by atoms with Crippen molar-refractivity contribution in [2.75, 3.05) is 6.61 Å². The maximum atomic E-state index is 5.67. The third-order valence-corrected chi connectivity index (χ3v) is 4.24. The Morgan fingerprint density at radius 2 is 2.30 bits per heavy atom. The first-order chi connectivity index (χ1) is 9.74. The molecule has 0 aliphatic carbocycles. The van der Waals surface area contributed by atoms with Crippen LogP contribution < -0.4 is 5.73 Å². The summed E-state index contributed by atoms with van der Waals surface area (Å²) in [6.45, 7) is 1.98. The molecular formula is C16H20N2OS. The summed E-state index contributed by atoms with van der Waals surface area (Å²) in [5, 5.41) is 1.20. The first-order valence-electron chi connectivity index (χ1n) is 7.24. The van der Waals surface area contributed by atoms with Gasteiger partial charge in [-0.3, -0.25) is 0 Å². The molecule has 1 atom stereocenters. The van der Waals surface area contributed by atoms with Crippen LogP contribution in [0.25, 0.3) is 10.9 Å². The zero-order chi connectivity index (χ0) is 13.9. The third-order valence-electron chi connectivity index (χ3n) is 4.00. The Balaban J connectivity index is 1.67. The molecule has 2 heterocycles. The van der Waals surface area contributed by atoms with Crippen LogP contribution in [-0.4, -0.2) is 22.3 Å². The van der Waals surface area contributed by atoms with Gasteiger partial charge >= 0.3 is 0 Å². The highest BCUT2D eigenvalue weighted by atomic mass is 32.1. The normalized spacial score (nSPS) is 18.7. The Morgan fingerprint density at radius 1 is 1.40 bits per heavy atom. The van der Waals surface area contributed by atoms with Gasteiger partial charge in [-0.2, -0.15) is 0 Å². The first kappa shape index (κ1) is 13.6. The van der Waals surface area contributed by atoms with Crippen LogP contribution in [0.15, 0.2) is 30.5 Å². The topological polar surface area (TPSA) is 40.2 Å². The van der Waals surface area contributed by atoms with Crippen LogP contribution in [0.1, 0.15) is 31.2 Å². The molecule has 20 heavy (non-hydrogen) atoms. The summed E-state index contributed by atoms with van der Waals surface area (Å²) in [5.74, 6) is 0. The molecule has 3 rings (SSSR count). The highest BCUT2D eigenvalue weighted by Gasteiger charge is 2.14. The fourth-order valence-electron chi connectivity index (χ4n) is 2.91. The van der Waals surface area contributed by atoms with Gasteiger partial charge in [-0.25, -0.2) is 0 Å². The molecule has 2 aromatic rings. The van der Waals surface area contributed by atoms with Crippen LogP contribution >= 0.6 is 12.2 Å². The number of nitrogens with zero attached hydrogens (tertiary/aromatic N) is 1. The highest BCUT2D eigenvalue weighted by Crippen LogP contribution is 2.20. The van der Waals surface area contributed by atoms with Crippen LogP contribution in [0.3, 0.4) is 0 Å². The Morgan fingerprint density at radius 3 is 3.05 bits per heavy atom. The van der Waals surface area contributed by atoms with Crippen molar-refractivity contribution in [3.8, 4) is 0 Å². The summed E-state index contributed by atoms with van der Waals surface area (Å²) < 4.78 is 7.96. The van der Waals surface area contributed by atoms with Crippen molar-refractivity contribution in [2.45, 2.75) is 38.3 Å². The number of rotatable bonds is 5. The van der Waals surface area contributed by atoms with E-state index < -0.39 is 0 Å². The average Bonchev–Trinajstić information content (AvgIpc) is 3.08. The molecule has 0 radical (unpaired) electrons. The van der Waals surface area contributed by atoms with Crippen LogP contribution in [-0.2, 0) is 11.3 Å². The molecule has 2 N–H and O–H groups in total. The molecule has 4 heteroatoms. The molecule has 1 unspecified atom stereocenters. The molecule has 0 saturated carbocycles. The number of ether oxygens (including phenoxy) is 1. The molecule has 1 aromatic heterocycles. The van der Waals surface area contributed by atoms with Crippen molar-refractivity contribution in [1.29, 1.82) is 0 Å². The highest BCUT2D eigenvalue weighted by molar-refractivity contribution is 7.80. The molecule has 0 bridgehead atoms. The minimum atomic E-state index is 0.457. The lowest BCUT2D eigenvalue weighted by atomic mass is 10.1. The van der Waals surface area contributed by atoms with E-state index >= 15 is 0 Å². The van der Waals surface area contributed by atoms with E-state index in [2.05, 4.69) is 29.0 Å². The molecule has 106 valence electrons. The minimum absolute atomic E-state index is 0.457. The number of hydrogen-bond donors (Lipinski definition) is 1. The quantitative estimate of drug-likeness (QED) is 0.859. The van der Waals surface area contributed by atoms with Crippen molar-refractivity contribution in [2.24, 2.45) is 5.73 Å². The summed E-state index contributed by atoms with van der Waals surface area (Å²) in [4.78, 5) is 0.457. The largest absolute Gasteiger partial charge is 0.389 e. The Hall–Kier alpha value is -1.39. The van der Waals surface area contributed by atoms with Gasteiger partial charge in [-0.1, -0.05) is 12.2 Å². The lowest BCUT2D eigenvalue weighted by molar-refractivity contribution is 0.101. The molecule has 3 nitrogen and oxygen atoms in total. The second kappa shape index (κ2) is 5.94. The van der Waals surface area contributed by atoms with Crippen LogP contribution in [0.2, 0.25) is 0 Å². The van der Waals surface area contributed by atoms with Crippen molar-refractivity contribution in [3.05, 3.63) is 36.0 Å². The van der Waals surface area contributed by atoms with Crippen molar-refractivity contribution < 1.29 is 4.74 Å². The molecule has 0 spiro atoms. The molecule has 1 saturated heterocycles. The number of aryl methyl sites for hydroxylation is 1. The summed E-state index contributed by atoms with van der Waals surface area (Å²) in [5.41, 5.74) is 7.85. The number of aromatic nitrogens is 1. The zero-order valence-electron chi connectivity index (χ0n) is 11.5. The second-order valence-corrected chi connectivity index (χ2v) is 5.86. The maximum Gasteiger partial charge on any atom is 0.104 e. The van der Waals surface area contributed by atoms with Gasteiger partial charge in [0.1, 0.15) is 4.99 Å². The molecule has 1 aliphatic rings. The first-order valence-corrected chi connectivity index (χ1v) is 7.65. The lowest BCUT2D eigenvalue weighted by Gasteiger charge is -2.10. The molecular weight excluding hydrogens is 268 g/mol. The monoisotopic (exact) mass is 288 g/mol. The predicted octanol–water partition coefficient (Wildman–Crippen LogP) is 3.23. The molecule has 0 amide bonds. The van der Waals surface area contributed by atoms with E-state index in [0.29, 0.717) is 11.1 Å². The maximum absolute atomic E-state index is 5.67. The molecule has 1 aromatic carbocycles. The van der Waals surface area contributed by atoms with Gasteiger partial charge in [0.15, 0.2) is 0 Å². The fraction of sp³-hybridized carbons (Fsp3) is 0.438. The number of benzene rings is 1. The summed E-state index contributed by atoms with van der Waals surface area (Å²) >= 11 is 5.02. The van der Waals surface area contributed by atoms with Crippen molar-refractivity contribution in [1.82, 2.24) is 4.57 Å². The van der Waals surface area contributed by atoms with E-state index in [4.69, 9.17) is 22.7 Å². The Kier molecular flexibility index (Phi) is 4.03. The predicted molar refractivity (Wildman–Crippen MR) is 86.0 cm³/mol. The SMILES string of the molecule is NC(=S)c1ccc2c(ccn2CCCC2CCCO2)c1. The van der Waals surface area contributed by atoms with Crippen LogP contribution in [0, 0.1) is 0 Å². The summed E-state index contributed by atoms with van der Waals surface area (Å²) in [6, 6.07) is 8.30. The van der Waals surface area contributed by atoms with Crippen LogP contribution in [0.5, 0.6) is 0 Å². The molecule has 1 aliphatic heterocycles. The van der Waals surface area contributed by atoms with Gasteiger partial charge in [-0.15, -0.1) is 0 Å². The lowest BCUT2D eigenvalue weighted by Crippen LogP contribution is -2.09. The van der Waals surface area contributed by atoms with Gasteiger partial charge in [-0.05, 0) is 49.9 Å². The van der Waals surface area contributed by atoms with E-state index in [1.54, 1.807) is 0 Å². The third kappa shape index (κ3) is 2.86. The smallest absolute Gasteiger partial charge is 0.104 e. The van der Waals surface area contributed by atoms with E-state index in [0.717, 1.165) is 31.6 Å². The van der Waals surface area contributed by atoms with Gasteiger partial charge in [0.05, 0.1) is 6.10 Å². The van der Waals surface area contributed by atoms with E-state index in [1.165, 1.54) is 23.7 Å². The standard InChI is InChI=1S/C16H20N2OS/c17-16(20)13-5-6-15-12(11-13)7-9-18(15)8-1-3-14-4-2-10-19-14/h5-7,9,11,14H,1-4,8,10H2,(H2,17,20). The molecule has 1 fully saturated rings. The van der Waals surface area contributed by atoms with Crippen molar-refractivity contribution >= 4 is 28.1 Å². The van der Waals surface area contributed by atoms with Gasteiger partial charge in [0, 0.05) is 35.8 Å². The summed E-state index contributed by atoms with van der Waals surface area (Å²) in [6.07, 6.45) is 7.39.